The third-order valence-electron chi connectivity index (χ3n) is 3.82. The molecule has 2 aromatic heterocycles. The van der Waals surface area contributed by atoms with Crippen LogP contribution >= 0.6 is 22.6 Å². The molecule has 0 aliphatic heterocycles. The highest BCUT2D eigenvalue weighted by atomic mass is 127. The molecule has 1 aromatic carbocycles. The number of hydrogen-bond donors (Lipinski definition) is 1. The van der Waals surface area contributed by atoms with Gasteiger partial charge in [-0.2, -0.15) is 10.4 Å². The standard InChI is InChI=1S/C17H14IN5O/c1-17(2,23-10-12(18)9-21-23)16(24)22-14-6-5-11(8-19)15-13(14)4-3-7-20-15/h3-7,9-10H,1-2H3,(H,22,24). The maximum Gasteiger partial charge on any atom is 0.251 e. The normalized spacial score (nSPS) is 11.2. The molecule has 0 bridgehead atoms. The van der Waals surface area contributed by atoms with E-state index in [2.05, 4.69) is 44.1 Å². The van der Waals surface area contributed by atoms with Crippen LogP contribution in [0.3, 0.4) is 0 Å². The van der Waals surface area contributed by atoms with E-state index in [0.717, 1.165) is 8.96 Å². The van der Waals surface area contributed by atoms with E-state index >= 15 is 0 Å². The maximum atomic E-state index is 12.8. The Hall–Kier alpha value is -2.47. The van der Waals surface area contributed by atoms with Crippen LogP contribution in [0.15, 0.2) is 42.9 Å². The number of aromatic nitrogens is 3. The number of halogens is 1. The first-order chi connectivity index (χ1) is 11.4. The Kier molecular flexibility index (Phi) is 4.24. The number of fused-ring (bicyclic) bond motifs is 1. The van der Waals surface area contributed by atoms with Crippen molar-refractivity contribution >= 4 is 45.1 Å². The monoisotopic (exact) mass is 431 g/mol. The summed E-state index contributed by atoms with van der Waals surface area (Å²) in [4.78, 5) is 17.0. The van der Waals surface area contributed by atoms with Gasteiger partial charge in [-0.25, -0.2) is 0 Å². The number of benzene rings is 1. The molecular formula is C17H14IN5O. The number of carbonyl (C=O) groups excluding carboxylic acids is 1. The van der Waals surface area contributed by atoms with E-state index in [1.54, 1.807) is 49.1 Å². The minimum absolute atomic E-state index is 0.197. The van der Waals surface area contributed by atoms with Crippen LogP contribution in [-0.2, 0) is 10.3 Å². The van der Waals surface area contributed by atoms with Crippen molar-refractivity contribution in [3.63, 3.8) is 0 Å². The fourth-order valence-corrected chi connectivity index (χ4v) is 2.75. The Morgan fingerprint density at radius 3 is 2.83 bits per heavy atom. The van der Waals surface area contributed by atoms with Crippen LogP contribution in [0.1, 0.15) is 19.4 Å². The minimum Gasteiger partial charge on any atom is -0.323 e. The fraction of sp³-hybridized carbons (Fsp3) is 0.176. The van der Waals surface area contributed by atoms with Crippen LogP contribution in [-0.4, -0.2) is 20.7 Å². The SMILES string of the molecule is CC(C)(C(=O)Nc1ccc(C#N)c2ncccc12)n1cc(I)cn1. The zero-order valence-electron chi connectivity index (χ0n) is 13.1. The molecule has 0 aliphatic carbocycles. The van der Waals surface area contributed by atoms with Crippen molar-refractivity contribution in [2.24, 2.45) is 0 Å². The predicted molar refractivity (Wildman–Crippen MR) is 99.4 cm³/mol. The van der Waals surface area contributed by atoms with Gasteiger partial charge in [-0.3, -0.25) is 14.5 Å². The first-order valence-corrected chi connectivity index (χ1v) is 8.31. The molecule has 6 nitrogen and oxygen atoms in total. The van der Waals surface area contributed by atoms with Crippen molar-refractivity contribution in [1.29, 1.82) is 5.26 Å². The van der Waals surface area contributed by atoms with Crippen LogP contribution in [0, 0.1) is 14.9 Å². The Bertz CT molecular complexity index is 971. The van der Waals surface area contributed by atoms with Gasteiger partial charge in [-0.15, -0.1) is 0 Å². The smallest absolute Gasteiger partial charge is 0.251 e. The molecule has 0 radical (unpaired) electrons. The fourth-order valence-electron chi connectivity index (χ4n) is 2.36. The van der Waals surface area contributed by atoms with Gasteiger partial charge < -0.3 is 5.32 Å². The van der Waals surface area contributed by atoms with Gasteiger partial charge in [-0.1, -0.05) is 0 Å². The van der Waals surface area contributed by atoms with Gasteiger partial charge in [-0.05, 0) is 60.7 Å². The van der Waals surface area contributed by atoms with E-state index in [9.17, 15) is 10.1 Å². The van der Waals surface area contributed by atoms with E-state index in [-0.39, 0.29) is 5.91 Å². The molecular weight excluding hydrogens is 417 g/mol. The molecule has 0 saturated carbocycles. The highest BCUT2D eigenvalue weighted by molar-refractivity contribution is 14.1. The number of nitrogens with one attached hydrogen (secondary N) is 1. The molecule has 3 aromatic rings. The third kappa shape index (κ3) is 2.85. The topological polar surface area (TPSA) is 83.6 Å². The summed E-state index contributed by atoms with van der Waals surface area (Å²) in [6.45, 7) is 3.60. The number of pyridine rings is 1. The number of amides is 1. The third-order valence-corrected chi connectivity index (χ3v) is 4.37. The van der Waals surface area contributed by atoms with Crippen molar-refractivity contribution in [3.8, 4) is 6.07 Å². The lowest BCUT2D eigenvalue weighted by atomic mass is 10.0. The molecule has 120 valence electrons. The van der Waals surface area contributed by atoms with Crippen molar-refractivity contribution in [1.82, 2.24) is 14.8 Å². The average Bonchev–Trinajstić information content (AvgIpc) is 3.02. The van der Waals surface area contributed by atoms with Crippen molar-refractivity contribution in [2.75, 3.05) is 5.32 Å². The second-order valence-corrected chi connectivity index (χ2v) is 7.03. The number of rotatable bonds is 3. The van der Waals surface area contributed by atoms with E-state index < -0.39 is 5.54 Å². The number of nitrogens with zero attached hydrogens (tertiary/aromatic N) is 4. The zero-order valence-corrected chi connectivity index (χ0v) is 15.3. The van der Waals surface area contributed by atoms with Crippen molar-refractivity contribution in [2.45, 2.75) is 19.4 Å². The molecule has 0 spiro atoms. The largest absolute Gasteiger partial charge is 0.323 e. The predicted octanol–water partition coefficient (Wildman–Crippen LogP) is 3.28. The Labute approximate surface area is 152 Å². The van der Waals surface area contributed by atoms with Gasteiger partial charge in [0.15, 0.2) is 0 Å². The lowest BCUT2D eigenvalue weighted by Gasteiger charge is -2.24. The van der Waals surface area contributed by atoms with E-state index in [0.29, 0.717) is 16.8 Å². The molecule has 0 atom stereocenters. The Morgan fingerprint density at radius 1 is 1.38 bits per heavy atom. The summed E-state index contributed by atoms with van der Waals surface area (Å²) in [5.74, 6) is -0.197. The summed E-state index contributed by atoms with van der Waals surface area (Å²) in [5, 5.41) is 17.1. The highest BCUT2D eigenvalue weighted by Crippen LogP contribution is 2.26. The molecule has 0 unspecified atom stereocenters. The number of anilines is 1. The van der Waals surface area contributed by atoms with Crippen LogP contribution < -0.4 is 5.32 Å². The van der Waals surface area contributed by atoms with Crippen LogP contribution in [0.25, 0.3) is 10.9 Å². The van der Waals surface area contributed by atoms with E-state index in [4.69, 9.17) is 0 Å². The van der Waals surface area contributed by atoms with Gasteiger partial charge in [0.05, 0.1) is 26.5 Å². The first-order valence-electron chi connectivity index (χ1n) is 7.23. The summed E-state index contributed by atoms with van der Waals surface area (Å²) in [5.41, 5.74) is 0.817. The summed E-state index contributed by atoms with van der Waals surface area (Å²) in [6.07, 6.45) is 5.15. The van der Waals surface area contributed by atoms with Crippen molar-refractivity contribution in [3.05, 3.63) is 52.0 Å². The molecule has 3 rings (SSSR count). The highest BCUT2D eigenvalue weighted by Gasteiger charge is 2.31. The minimum atomic E-state index is -0.855. The van der Waals surface area contributed by atoms with Gasteiger partial charge in [0.1, 0.15) is 11.6 Å². The molecule has 0 saturated heterocycles. The second kappa shape index (κ2) is 6.20. The quantitative estimate of drug-likeness (QED) is 0.646. The summed E-state index contributed by atoms with van der Waals surface area (Å²) < 4.78 is 2.59. The lowest BCUT2D eigenvalue weighted by molar-refractivity contribution is -0.123. The second-order valence-electron chi connectivity index (χ2n) is 5.79. The average molecular weight is 431 g/mol. The summed E-state index contributed by atoms with van der Waals surface area (Å²) >= 11 is 2.15. The maximum absolute atomic E-state index is 12.8. The van der Waals surface area contributed by atoms with Gasteiger partial charge in [0.25, 0.3) is 5.91 Å². The van der Waals surface area contributed by atoms with Crippen LogP contribution in [0.2, 0.25) is 0 Å². The van der Waals surface area contributed by atoms with Crippen molar-refractivity contribution < 1.29 is 4.79 Å². The molecule has 24 heavy (non-hydrogen) atoms. The van der Waals surface area contributed by atoms with Gasteiger partial charge >= 0.3 is 0 Å². The summed E-state index contributed by atoms with van der Waals surface area (Å²) in [7, 11) is 0. The number of hydrogen-bond acceptors (Lipinski definition) is 4. The van der Waals surface area contributed by atoms with E-state index in [1.807, 2.05) is 12.3 Å². The molecule has 1 amide bonds. The van der Waals surface area contributed by atoms with Crippen LogP contribution in [0.4, 0.5) is 5.69 Å². The molecule has 0 fully saturated rings. The van der Waals surface area contributed by atoms with Crippen LogP contribution in [0.5, 0.6) is 0 Å². The Balaban J connectivity index is 1.98. The molecule has 0 aliphatic rings. The van der Waals surface area contributed by atoms with Gasteiger partial charge in [0, 0.05) is 17.8 Å². The molecule has 2 heterocycles. The number of nitriles is 1. The van der Waals surface area contributed by atoms with Gasteiger partial charge in [0.2, 0.25) is 0 Å². The molecule has 7 heteroatoms. The summed E-state index contributed by atoms with van der Waals surface area (Å²) in [6, 6.07) is 9.12. The Morgan fingerprint density at radius 2 is 2.17 bits per heavy atom. The first kappa shape index (κ1) is 16.4. The van der Waals surface area contributed by atoms with E-state index in [1.165, 1.54) is 0 Å². The molecule has 1 N–H and O–H groups in total. The lowest BCUT2D eigenvalue weighted by Crippen LogP contribution is -2.40. The number of carbonyl (C=O) groups is 1. The zero-order chi connectivity index (χ0) is 17.3.